The molecule has 2 aromatic carbocycles. The Bertz CT molecular complexity index is 790. The molecule has 0 unspecified atom stereocenters. The Balaban J connectivity index is 1.84. The van der Waals surface area contributed by atoms with Crippen LogP contribution in [0.4, 0.5) is 11.4 Å². The summed E-state index contributed by atoms with van der Waals surface area (Å²) >= 11 is 0. The number of nitrogens with two attached hydrogens (primary N) is 1. The van der Waals surface area contributed by atoms with Gasteiger partial charge in [0.25, 0.3) is 5.91 Å². The molecule has 0 aliphatic heterocycles. The topological polar surface area (TPSA) is 84.2 Å². The van der Waals surface area contributed by atoms with Gasteiger partial charge in [-0.05, 0) is 47.7 Å². The number of rotatable bonds is 5. The van der Waals surface area contributed by atoms with Crippen molar-refractivity contribution in [3.05, 3.63) is 59.2 Å². The van der Waals surface area contributed by atoms with Gasteiger partial charge in [0.1, 0.15) is 0 Å². The van der Waals surface area contributed by atoms with Crippen LogP contribution in [-0.4, -0.2) is 18.4 Å². The highest BCUT2D eigenvalue weighted by Crippen LogP contribution is 2.22. The number of nitrogen functional groups attached to an aromatic ring is 1. The van der Waals surface area contributed by atoms with Crippen molar-refractivity contribution in [3.63, 3.8) is 0 Å². The number of amides is 2. The molecular formula is C21H27N3O2. The van der Waals surface area contributed by atoms with E-state index in [1.165, 1.54) is 5.56 Å². The fraction of sp³-hybridized carbons (Fsp3) is 0.333. The molecule has 0 heterocycles. The van der Waals surface area contributed by atoms with E-state index in [1.807, 2.05) is 37.3 Å². The van der Waals surface area contributed by atoms with Gasteiger partial charge in [0.2, 0.25) is 5.91 Å². The van der Waals surface area contributed by atoms with E-state index < -0.39 is 0 Å². The van der Waals surface area contributed by atoms with Crippen LogP contribution in [0.15, 0.2) is 42.5 Å². The zero-order valence-corrected chi connectivity index (χ0v) is 15.8. The summed E-state index contributed by atoms with van der Waals surface area (Å²) < 4.78 is 0. The van der Waals surface area contributed by atoms with Crippen LogP contribution in [0.1, 0.15) is 48.7 Å². The normalized spacial score (nSPS) is 11.1. The lowest BCUT2D eigenvalue weighted by Gasteiger charge is -2.19. The van der Waals surface area contributed by atoms with E-state index in [0.717, 1.165) is 5.56 Å². The smallest absolute Gasteiger partial charge is 0.251 e. The average molecular weight is 353 g/mol. The minimum atomic E-state index is -0.182. The Kier molecular flexibility index (Phi) is 6.03. The molecule has 0 aromatic heterocycles. The maximum absolute atomic E-state index is 12.2. The first-order valence-corrected chi connectivity index (χ1v) is 8.71. The number of hydrogen-bond donors (Lipinski definition) is 3. The minimum Gasteiger partial charge on any atom is -0.399 e. The van der Waals surface area contributed by atoms with Gasteiger partial charge in [-0.1, -0.05) is 39.0 Å². The van der Waals surface area contributed by atoms with Crippen LogP contribution in [0.25, 0.3) is 0 Å². The van der Waals surface area contributed by atoms with Crippen LogP contribution in [-0.2, 0) is 10.2 Å². The molecule has 2 aromatic rings. The first-order chi connectivity index (χ1) is 12.2. The maximum Gasteiger partial charge on any atom is 0.251 e. The number of carbonyl (C=O) groups is 2. The second kappa shape index (κ2) is 8.04. The van der Waals surface area contributed by atoms with Gasteiger partial charge in [-0.15, -0.1) is 0 Å². The summed E-state index contributed by atoms with van der Waals surface area (Å²) in [6.45, 7) is 8.55. The van der Waals surface area contributed by atoms with E-state index >= 15 is 0 Å². The van der Waals surface area contributed by atoms with Gasteiger partial charge in [0, 0.05) is 29.9 Å². The predicted molar refractivity (Wildman–Crippen MR) is 106 cm³/mol. The quantitative estimate of drug-likeness (QED) is 0.718. The highest BCUT2D eigenvalue weighted by molar-refractivity contribution is 5.95. The molecule has 26 heavy (non-hydrogen) atoms. The zero-order valence-electron chi connectivity index (χ0n) is 15.8. The highest BCUT2D eigenvalue weighted by Gasteiger charge is 2.14. The third-order valence-electron chi connectivity index (χ3n) is 4.19. The first kappa shape index (κ1) is 19.5. The summed E-state index contributed by atoms with van der Waals surface area (Å²) in [4.78, 5) is 24.2. The van der Waals surface area contributed by atoms with Crippen molar-refractivity contribution in [2.24, 2.45) is 0 Å². The molecule has 4 N–H and O–H groups in total. The second-order valence-corrected chi connectivity index (χ2v) is 7.46. The molecule has 0 saturated heterocycles. The van der Waals surface area contributed by atoms with Crippen LogP contribution >= 0.6 is 0 Å². The highest BCUT2D eigenvalue weighted by atomic mass is 16.2. The minimum absolute atomic E-state index is 0.0477. The van der Waals surface area contributed by atoms with E-state index in [9.17, 15) is 9.59 Å². The molecule has 0 atom stereocenters. The zero-order chi connectivity index (χ0) is 19.3. The summed E-state index contributed by atoms with van der Waals surface area (Å²) in [7, 11) is 0. The molecule has 5 nitrogen and oxygen atoms in total. The van der Waals surface area contributed by atoms with Gasteiger partial charge in [-0.25, -0.2) is 0 Å². The summed E-state index contributed by atoms with van der Waals surface area (Å²) in [6.07, 6.45) is 0.194. The van der Waals surface area contributed by atoms with Crippen molar-refractivity contribution in [1.29, 1.82) is 0 Å². The molecule has 0 aliphatic carbocycles. The van der Waals surface area contributed by atoms with Crippen molar-refractivity contribution in [3.8, 4) is 0 Å². The van der Waals surface area contributed by atoms with E-state index in [-0.39, 0.29) is 30.2 Å². The van der Waals surface area contributed by atoms with E-state index in [4.69, 9.17) is 5.73 Å². The summed E-state index contributed by atoms with van der Waals surface area (Å²) in [5.41, 5.74) is 9.77. The molecule has 5 heteroatoms. The average Bonchev–Trinajstić information content (AvgIpc) is 2.57. The molecule has 2 rings (SSSR count). The Morgan fingerprint density at radius 2 is 1.69 bits per heavy atom. The molecule has 138 valence electrons. The lowest BCUT2D eigenvalue weighted by atomic mass is 9.87. The summed E-state index contributed by atoms with van der Waals surface area (Å²) in [5, 5.41) is 5.59. The maximum atomic E-state index is 12.2. The van der Waals surface area contributed by atoms with Gasteiger partial charge >= 0.3 is 0 Å². The van der Waals surface area contributed by atoms with Gasteiger partial charge < -0.3 is 16.4 Å². The fourth-order valence-corrected chi connectivity index (χ4v) is 2.50. The third kappa shape index (κ3) is 5.34. The largest absolute Gasteiger partial charge is 0.399 e. The van der Waals surface area contributed by atoms with Crippen molar-refractivity contribution < 1.29 is 9.59 Å². The van der Waals surface area contributed by atoms with Crippen molar-refractivity contribution in [2.75, 3.05) is 17.6 Å². The molecular weight excluding hydrogens is 326 g/mol. The predicted octanol–water partition coefficient (Wildman–Crippen LogP) is 3.63. The number of benzene rings is 2. The van der Waals surface area contributed by atoms with Crippen LogP contribution in [0.5, 0.6) is 0 Å². The Morgan fingerprint density at radius 1 is 1.04 bits per heavy atom. The lowest BCUT2D eigenvalue weighted by Crippen LogP contribution is -2.27. The molecule has 0 aliphatic rings. The van der Waals surface area contributed by atoms with Gasteiger partial charge in [-0.3, -0.25) is 9.59 Å². The standard InChI is InChI=1S/C21H27N3O2/c1-14-5-10-17(22)13-18(14)24-19(25)11-12-23-20(26)15-6-8-16(9-7-15)21(2,3)4/h5-10,13H,11-12,22H2,1-4H3,(H,23,26)(H,24,25). The Hall–Kier alpha value is -2.82. The van der Waals surface area contributed by atoms with E-state index in [0.29, 0.717) is 16.9 Å². The van der Waals surface area contributed by atoms with Gasteiger partial charge in [0.15, 0.2) is 0 Å². The van der Waals surface area contributed by atoms with Crippen LogP contribution in [0, 0.1) is 6.92 Å². The van der Waals surface area contributed by atoms with Crippen molar-refractivity contribution >= 4 is 23.2 Å². The molecule has 0 spiro atoms. The van der Waals surface area contributed by atoms with E-state index in [1.54, 1.807) is 12.1 Å². The fourth-order valence-electron chi connectivity index (χ4n) is 2.50. The van der Waals surface area contributed by atoms with Crippen LogP contribution < -0.4 is 16.4 Å². The molecule has 0 saturated carbocycles. The number of carbonyl (C=O) groups excluding carboxylic acids is 2. The van der Waals surface area contributed by atoms with Crippen LogP contribution in [0.2, 0.25) is 0 Å². The first-order valence-electron chi connectivity index (χ1n) is 8.71. The van der Waals surface area contributed by atoms with Gasteiger partial charge in [0.05, 0.1) is 0 Å². The van der Waals surface area contributed by atoms with Crippen molar-refractivity contribution in [2.45, 2.75) is 39.5 Å². The number of nitrogens with one attached hydrogen (secondary N) is 2. The monoisotopic (exact) mass is 353 g/mol. The summed E-state index contributed by atoms with van der Waals surface area (Å²) in [5.74, 6) is -0.347. The second-order valence-electron chi connectivity index (χ2n) is 7.46. The summed E-state index contributed by atoms with van der Waals surface area (Å²) in [6, 6.07) is 12.9. The molecule has 0 bridgehead atoms. The van der Waals surface area contributed by atoms with E-state index in [2.05, 4.69) is 31.4 Å². The number of anilines is 2. The lowest BCUT2D eigenvalue weighted by molar-refractivity contribution is -0.116. The molecule has 0 fully saturated rings. The van der Waals surface area contributed by atoms with Gasteiger partial charge in [-0.2, -0.15) is 0 Å². The molecule has 2 amide bonds. The number of aryl methyl sites for hydroxylation is 1. The van der Waals surface area contributed by atoms with Crippen molar-refractivity contribution in [1.82, 2.24) is 5.32 Å². The van der Waals surface area contributed by atoms with Crippen LogP contribution in [0.3, 0.4) is 0 Å². The Labute approximate surface area is 155 Å². The SMILES string of the molecule is Cc1ccc(N)cc1NC(=O)CCNC(=O)c1ccc(C(C)(C)C)cc1. The third-order valence-corrected chi connectivity index (χ3v) is 4.19. The number of hydrogen-bond acceptors (Lipinski definition) is 3. The Morgan fingerprint density at radius 3 is 2.31 bits per heavy atom. The molecule has 0 radical (unpaired) electrons.